The molecule has 1 unspecified atom stereocenters. The second-order valence-electron chi connectivity index (χ2n) is 7.62. The molecule has 4 rings (SSSR count). The zero-order valence-electron chi connectivity index (χ0n) is 17.0. The summed E-state index contributed by atoms with van der Waals surface area (Å²) < 4.78 is 5.30. The minimum Gasteiger partial charge on any atom is -0.481 e. The molecule has 0 amide bonds. The van der Waals surface area contributed by atoms with Gasteiger partial charge in [0.2, 0.25) is 5.88 Å². The maximum Gasteiger partial charge on any atom is 0.215 e. The predicted molar refractivity (Wildman–Crippen MR) is 111 cm³/mol. The van der Waals surface area contributed by atoms with Gasteiger partial charge in [-0.2, -0.15) is 0 Å². The maximum atomic E-state index is 5.30. The van der Waals surface area contributed by atoms with Crippen molar-refractivity contribution in [3.05, 3.63) is 41.5 Å². The zero-order valence-corrected chi connectivity index (χ0v) is 17.0. The Bertz CT molecular complexity index is 969. The quantitative estimate of drug-likeness (QED) is 0.704. The number of anilines is 1. The Balaban J connectivity index is 1.47. The highest BCUT2D eigenvalue weighted by molar-refractivity contribution is 5.70. The molecule has 0 saturated carbocycles. The lowest BCUT2D eigenvalue weighted by Gasteiger charge is -2.37. The molecule has 1 saturated heterocycles. The van der Waals surface area contributed by atoms with Crippen molar-refractivity contribution in [2.45, 2.75) is 45.7 Å². The SMILES string of the molecule is COc1cc(N[C@H]2CCCN(C(C)c3ccc4[nH]c(C)nc4n3)C2)cc(C)n1. The molecule has 4 heterocycles. The average molecular weight is 380 g/mol. The number of fused-ring (bicyclic) bond motifs is 1. The molecule has 2 N–H and O–H groups in total. The standard InChI is InChI=1S/C21H28N6O/c1-13-10-17(11-20(22-13)28-4)25-16-6-5-9-27(12-16)14(2)18-7-8-19-21(26-18)24-15(3)23-19/h7-8,10-11,14,16H,5-6,9,12H2,1-4H3,(H,22,25)(H,23,24,26)/t14?,16-/m0/s1. The molecule has 148 valence electrons. The first-order valence-electron chi connectivity index (χ1n) is 9.88. The first-order chi connectivity index (χ1) is 13.5. The van der Waals surface area contributed by atoms with Crippen molar-refractivity contribution < 1.29 is 4.74 Å². The molecule has 0 aliphatic carbocycles. The van der Waals surface area contributed by atoms with Gasteiger partial charge in [-0.25, -0.2) is 15.0 Å². The van der Waals surface area contributed by atoms with Gasteiger partial charge in [0.15, 0.2) is 5.65 Å². The summed E-state index contributed by atoms with van der Waals surface area (Å²) in [6, 6.07) is 8.86. The summed E-state index contributed by atoms with van der Waals surface area (Å²) in [6.07, 6.45) is 2.31. The Morgan fingerprint density at radius 1 is 1.21 bits per heavy atom. The van der Waals surface area contributed by atoms with Crippen LogP contribution in [-0.2, 0) is 0 Å². The largest absolute Gasteiger partial charge is 0.481 e. The van der Waals surface area contributed by atoms with Crippen molar-refractivity contribution in [1.82, 2.24) is 24.8 Å². The molecule has 1 aliphatic rings. The van der Waals surface area contributed by atoms with Gasteiger partial charge in [0.05, 0.1) is 18.3 Å². The van der Waals surface area contributed by atoms with Crippen molar-refractivity contribution in [3.8, 4) is 5.88 Å². The number of methoxy groups -OCH3 is 1. The van der Waals surface area contributed by atoms with E-state index in [-0.39, 0.29) is 6.04 Å². The van der Waals surface area contributed by atoms with Crippen LogP contribution in [0.25, 0.3) is 11.2 Å². The van der Waals surface area contributed by atoms with Gasteiger partial charge >= 0.3 is 0 Å². The van der Waals surface area contributed by atoms with Crippen LogP contribution in [0.1, 0.15) is 43.0 Å². The van der Waals surface area contributed by atoms with Crippen LogP contribution in [0.2, 0.25) is 0 Å². The summed E-state index contributed by atoms with van der Waals surface area (Å²) in [5.74, 6) is 1.55. The van der Waals surface area contributed by atoms with Crippen LogP contribution in [0, 0.1) is 13.8 Å². The molecule has 0 aromatic carbocycles. The van der Waals surface area contributed by atoms with Crippen LogP contribution in [-0.4, -0.2) is 51.1 Å². The van der Waals surface area contributed by atoms with E-state index < -0.39 is 0 Å². The highest BCUT2D eigenvalue weighted by Crippen LogP contribution is 2.26. The van der Waals surface area contributed by atoms with E-state index in [1.54, 1.807) is 7.11 Å². The van der Waals surface area contributed by atoms with Crippen molar-refractivity contribution in [3.63, 3.8) is 0 Å². The summed E-state index contributed by atoms with van der Waals surface area (Å²) in [4.78, 5) is 19.4. The van der Waals surface area contributed by atoms with E-state index >= 15 is 0 Å². The smallest absolute Gasteiger partial charge is 0.215 e. The first kappa shape index (κ1) is 18.7. The van der Waals surface area contributed by atoms with E-state index in [2.05, 4.69) is 50.3 Å². The molecular formula is C21H28N6O. The van der Waals surface area contributed by atoms with Crippen LogP contribution in [0.3, 0.4) is 0 Å². The topological polar surface area (TPSA) is 79.0 Å². The predicted octanol–water partition coefficient (Wildman–Crippen LogP) is 3.62. The minimum absolute atomic E-state index is 0.250. The summed E-state index contributed by atoms with van der Waals surface area (Å²) >= 11 is 0. The van der Waals surface area contributed by atoms with Crippen LogP contribution >= 0.6 is 0 Å². The Kier molecular flexibility index (Phi) is 5.17. The number of H-pyrrole nitrogens is 1. The Hall–Kier alpha value is -2.67. The fourth-order valence-electron chi connectivity index (χ4n) is 3.98. The van der Waals surface area contributed by atoms with Crippen molar-refractivity contribution in [1.29, 1.82) is 0 Å². The maximum absolute atomic E-state index is 5.30. The third-order valence-corrected chi connectivity index (χ3v) is 5.42. The summed E-state index contributed by atoms with van der Waals surface area (Å²) in [5.41, 5.74) is 4.88. The second kappa shape index (κ2) is 7.75. The molecule has 1 aliphatic heterocycles. The highest BCUT2D eigenvalue weighted by Gasteiger charge is 2.25. The summed E-state index contributed by atoms with van der Waals surface area (Å²) in [5, 5.41) is 3.67. The van der Waals surface area contributed by atoms with E-state index in [1.165, 1.54) is 0 Å². The number of aromatic amines is 1. The van der Waals surface area contributed by atoms with Gasteiger partial charge in [-0.3, -0.25) is 4.90 Å². The molecule has 3 aromatic rings. The summed E-state index contributed by atoms with van der Waals surface area (Å²) in [6.45, 7) is 8.24. The second-order valence-corrected chi connectivity index (χ2v) is 7.62. The lowest BCUT2D eigenvalue weighted by molar-refractivity contribution is 0.162. The molecule has 28 heavy (non-hydrogen) atoms. The van der Waals surface area contributed by atoms with Crippen molar-refractivity contribution >= 4 is 16.9 Å². The van der Waals surface area contributed by atoms with Crippen LogP contribution in [0.5, 0.6) is 5.88 Å². The number of aromatic nitrogens is 4. The molecule has 0 radical (unpaired) electrons. The van der Waals surface area contributed by atoms with Gasteiger partial charge in [0.1, 0.15) is 5.82 Å². The number of nitrogens with one attached hydrogen (secondary N) is 2. The Labute approximate surface area is 165 Å². The number of aryl methyl sites for hydroxylation is 2. The molecule has 1 fully saturated rings. The Morgan fingerprint density at radius 2 is 2.07 bits per heavy atom. The number of pyridine rings is 2. The normalized spacial score (nSPS) is 18.9. The van der Waals surface area contributed by atoms with Gasteiger partial charge in [-0.15, -0.1) is 0 Å². The lowest BCUT2D eigenvalue weighted by atomic mass is 10.0. The first-order valence-corrected chi connectivity index (χ1v) is 9.88. The van der Waals surface area contributed by atoms with Gasteiger partial charge in [0.25, 0.3) is 0 Å². The number of hydrogen-bond donors (Lipinski definition) is 2. The van der Waals surface area contributed by atoms with Crippen LogP contribution in [0.15, 0.2) is 24.3 Å². The van der Waals surface area contributed by atoms with Gasteiger partial charge < -0.3 is 15.0 Å². The number of hydrogen-bond acceptors (Lipinski definition) is 6. The fraction of sp³-hybridized carbons (Fsp3) is 0.476. The number of rotatable bonds is 5. The summed E-state index contributed by atoms with van der Waals surface area (Å²) in [7, 11) is 1.65. The molecule has 0 bridgehead atoms. The average Bonchev–Trinajstić information content (AvgIpc) is 3.06. The zero-order chi connectivity index (χ0) is 19.7. The molecule has 7 nitrogen and oxygen atoms in total. The van der Waals surface area contributed by atoms with Crippen LogP contribution < -0.4 is 10.1 Å². The van der Waals surface area contributed by atoms with E-state index in [1.807, 2.05) is 19.9 Å². The fourth-order valence-corrected chi connectivity index (χ4v) is 3.98. The van der Waals surface area contributed by atoms with E-state index in [9.17, 15) is 0 Å². The van der Waals surface area contributed by atoms with Crippen LogP contribution in [0.4, 0.5) is 5.69 Å². The van der Waals surface area contributed by atoms with Gasteiger partial charge in [0, 0.05) is 36.1 Å². The monoisotopic (exact) mass is 380 g/mol. The minimum atomic E-state index is 0.250. The lowest BCUT2D eigenvalue weighted by Crippen LogP contribution is -2.43. The van der Waals surface area contributed by atoms with Crippen molar-refractivity contribution in [2.75, 3.05) is 25.5 Å². The third kappa shape index (κ3) is 3.94. The molecule has 3 aromatic heterocycles. The molecule has 0 spiro atoms. The number of piperidine rings is 1. The number of ether oxygens (including phenoxy) is 1. The van der Waals surface area contributed by atoms with Gasteiger partial charge in [-0.1, -0.05) is 0 Å². The third-order valence-electron chi connectivity index (χ3n) is 5.42. The van der Waals surface area contributed by atoms with E-state index in [4.69, 9.17) is 9.72 Å². The molecule has 2 atom stereocenters. The highest BCUT2D eigenvalue weighted by atomic mass is 16.5. The number of nitrogens with zero attached hydrogens (tertiary/aromatic N) is 4. The molecular weight excluding hydrogens is 352 g/mol. The molecule has 7 heteroatoms. The van der Waals surface area contributed by atoms with Gasteiger partial charge in [-0.05, 0) is 58.4 Å². The number of imidazole rings is 1. The van der Waals surface area contributed by atoms with E-state index in [0.29, 0.717) is 11.9 Å². The van der Waals surface area contributed by atoms with E-state index in [0.717, 1.165) is 60.0 Å². The van der Waals surface area contributed by atoms with Crippen molar-refractivity contribution in [2.24, 2.45) is 0 Å². The number of likely N-dealkylation sites (tertiary alicyclic amines) is 1. The Morgan fingerprint density at radius 3 is 2.89 bits per heavy atom.